The molecule has 7 heteroatoms. The van der Waals surface area contributed by atoms with Gasteiger partial charge in [0.1, 0.15) is 5.82 Å². The first-order valence-electron chi connectivity index (χ1n) is 8.59. The highest BCUT2D eigenvalue weighted by atomic mass is 16.5. The summed E-state index contributed by atoms with van der Waals surface area (Å²) < 4.78 is 7.65. The molecule has 1 saturated heterocycles. The summed E-state index contributed by atoms with van der Waals surface area (Å²) >= 11 is 0. The van der Waals surface area contributed by atoms with E-state index in [-0.39, 0.29) is 0 Å². The van der Waals surface area contributed by atoms with Crippen molar-refractivity contribution in [1.82, 2.24) is 24.4 Å². The third kappa shape index (κ3) is 4.52. The van der Waals surface area contributed by atoms with Crippen LogP contribution in [0.4, 0.5) is 5.95 Å². The van der Waals surface area contributed by atoms with E-state index in [1.54, 1.807) is 0 Å². The van der Waals surface area contributed by atoms with Gasteiger partial charge in [-0.25, -0.2) is 15.0 Å². The Balaban J connectivity index is 1.51. The number of aromatic nitrogens is 4. The van der Waals surface area contributed by atoms with Crippen LogP contribution in [0, 0.1) is 0 Å². The highest BCUT2D eigenvalue weighted by Gasteiger charge is 2.15. The summed E-state index contributed by atoms with van der Waals surface area (Å²) in [6, 6.07) is 0. The molecule has 7 nitrogen and oxygen atoms in total. The first-order chi connectivity index (χ1) is 11.7. The Bertz CT molecular complexity index is 620. The van der Waals surface area contributed by atoms with E-state index in [2.05, 4.69) is 36.7 Å². The van der Waals surface area contributed by atoms with Crippen LogP contribution in [0.25, 0.3) is 0 Å². The minimum atomic E-state index is 0.293. The molecule has 1 aliphatic heterocycles. The number of aryl methyl sites for hydroxylation is 1. The normalized spacial score (nSPS) is 17.5. The molecule has 2 aromatic heterocycles. The van der Waals surface area contributed by atoms with Gasteiger partial charge in [0.05, 0.1) is 12.6 Å². The number of imidazole rings is 1. The zero-order valence-electron chi connectivity index (χ0n) is 14.5. The van der Waals surface area contributed by atoms with Crippen LogP contribution in [0.3, 0.4) is 0 Å². The molecule has 0 amide bonds. The number of ether oxygens (including phenoxy) is 1. The lowest BCUT2D eigenvalue weighted by atomic mass is 10.2. The van der Waals surface area contributed by atoms with Crippen molar-refractivity contribution in [3.05, 3.63) is 36.2 Å². The molecule has 0 spiro atoms. The predicted octanol–water partition coefficient (Wildman–Crippen LogP) is 1.82. The average Bonchev–Trinajstić information content (AvgIpc) is 3.26. The summed E-state index contributed by atoms with van der Waals surface area (Å²) in [5.41, 5.74) is 1.11. The van der Waals surface area contributed by atoms with Gasteiger partial charge >= 0.3 is 0 Å². The highest BCUT2D eigenvalue weighted by molar-refractivity contribution is 5.25. The van der Waals surface area contributed by atoms with Crippen LogP contribution >= 0.6 is 0 Å². The lowest BCUT2D eigenvalue weighted by Crippen LogP contribution is -2.24. The van der Waals surface area contributed by atoms with Gasteiger partial charge in [0.15, 0.2) is 0 Å². The van der Waals surface area contributed by atoms with E-state index < -0.39 is 0 Å². The second-order valence-corrected chi connectivity index (χ2v) is 6.19. The van der Waals surface area contributed by atoms with Crippen LogP contribution in [0.1, 0.15) is 31.2 Å². The average molecular weight is 330 g/mol. The first kappa shape index (κ1) is 16.9. The fourth-order valence-electron chi connectivity index (χ4n) is 2.82. The third-order valence-electron chi connectivity index (χ3n) is 4.36. The van der Waals surface area contributed by atoms with Gasteiger partial charge in [0.2, 0.25) is 5.95 Å². The lowest BCUT2D eigenvalue weighted by molar-refractivity contribution is 0.120. The fourth-order valence-corrected chi connectivity index (χ4v) is 2.82. The van der Waals surface area contributed by atoms with Gasteiger partial charge in [0.25, 0.3) is 0 Å². The summed E-state index contributed by atoms with van der Waals surface area (Å²) in [4.78, 5) is 15.5. The largest absolute Gasteiger partial charge is 0.376 e. The summed E-state index contributed by atoms with van der Waals surface area (Å²) in [6.45, 7) is 6.39. The minimum absolute atomic E-state index is 0.293. The van der Waals surface area contributed by atoms with Crippen molar-refractivity contribution in [3.8, 4) is 0 Å². The molecule has 2 aromatic rings. The Morgan fingerprint density at radius 2 is 2.12 bits per heavy atom. The molecule has 0 bridgehead atoms. The van der Waals surface area contributed by atoms with Crippen LogP contribution in [0.15, 0.2) is 24.8 Å². The molecule has 24 heavy (non-hydrogen) atoms. The predicted molar refractivity (Wildman–Crippen MR) is 92.5 cm³/mol. The monoisotopic (exact) mass is 330 g/mol. The van der Waals surface area contributed by atoms with Gasteiger partial charge in [-0.2, -0.15) is 0 Å². The van der Waals surface area contributed by atoms with Crippen LogP contribution in [-0.2, 0) is 24.9 Å². The fraction of sp³-hybridized carbons (Fsp3) is 0.588. The SMILES string of the molecule is CCN(Cc1cnc(NC[C@@H]2CCCO2)nc1)Cc1nccn1C. The van der Waals surface area contributed by atoms with Gasteiger partial charge in [-0.3, -0.25) is 4.90 Å². The lowest BCUT2D eigenvalue weighted by Gasteiger charge is -2.20. The molecule has 0 aromatic carbocycles. The molecular weight excluding hydrogens is 304 g/mol. The summed E-state index contributed by atoms with van der Waals surface area (Å²) in [5.74, 6) is 1.73. The summed E-state index contributed by atoms with van der Waals surface area (Å²) in [5, 5.41) is 3.25. The van der Waals surface area contributed by atoms with Crippen molar-refractivity contribution in [2.24, 2.45) is 7.05 Å². The molecule has 1 atom stereocenters. The second-order valence-electron chi connectivity index (χ2n) is 6.19. The maximum Gasteiger partial charge on any atom is 0.222 e. The van der Waals surface area contributed by atoms with Gasteiger partial charge < -0.3 is 14.6 Å². The van der Waals surface area contributed by atoms with Crippen LogP contribution in [0.2, 0.25) is 0 Å². The van der Waals surface area contributed by atoms with E-state index in [0.717, 1.165) is 57.0 Å². The maximum atomic E-state index is 5.59. The van der Waals surface area contributed by atoms with Gasteiger partial charge in [-0.1, -0.05) is 6.92 Å². The van der Waals surface area contributed by atoms with Crippen LogP contribution in [-0.4, -0.2) is 50.2 Å². The first-order valence-corrected chi connectivity index (χ1v) is 8.59. The number of nitrogens with zero attached hydrogens (tertiary/aromatic N) is 5. The number of hydrogen-bond acceptors (Lipinski definition) is 6. The standard InChI is InChI=1S/C17H26N6O/c1-3-23(13-16-18-6-7-22(16)2)12-14-9-19-17(20-10-14)21-11-15-5-4-8-24-15/h6-7,9-10,15H,3-5,8,11-13H2,1-2H3,(H,19,20,21)/t15-/m0/s1. The Kier molecular flexibility index (Phi) is 5.77. The minimum Gasteiger partial charge on any atom is -0.376 e. The van der Waals surface area contributed by atoms with Crippen molar-refractivity contribution < 1.29 is 4.74 Å². The summed E-state index contributed by atoms with van der Waals surface area (Å²) in [6.07, 6.45) is 10.2. The molecule has 3 rings (SSSR count). The van der Waals surface area contributed by atoms with E-state index in [4.69, 9.17) is 4.74 Å². The zero-order chi connectivity index (χ0) is 16.8. The molecule has 0 radical (unpaired) electrons. The van der Waals surface area contributed by atoms with Crippen LogP contribution in [0.5, 0.6) is 0 Å². The molecule has 1 fully saturated rings. The molecule has 0 unspecified atom stereocenters. The smallest absolute Gasteiger partial charge is 0.222 e. The molecule has 130 valence electrons. The Morgan fingerprint density at radius 1 is 1.29 bits per heavy atom. The maximum absolute atomic E-state index is 5.59. The van der Waals surface area contributed by atoms with E-state index in [0.29, 0.717) is 12.1 Å². The molecule has 3 heterocycles. The topological polar surface area (TPSA) is 68.1 Å². The van der Waals surface area contributed by atoms with E-state index in [1.165, 1.54) is 0 Å². The van der Waals surface area contributed by atoms with Crippen molar-refractivity contribution >= 4 is 5.95 Å². The van der Waals surface area contributed by atoms with Crippen molar-refractivity contribution in [2.45, 2.75) is 39.0 Å². The molecule has 0 aliphatic carbocycles. The number of anilines is 1. The second kappa shape index (κ2) is 8.21. The van der Waals surface area contributed by atoms with Crippen molar-refractivity contribution in [1.29, 1.82) is 0 Å². The number of hydrogen-bond donors (Lipinski definition) is 1. The Labute approximate surface area is 143 Å². The van der Waals surface area contributed by atoms with E-state index >= 15 is 0 Å². The quantitative estimate of drug-likeness (QED) is 0.796. The third-order valence-corrected chi connectivity index (χ3v) is 4.36. The van der Waals surface area contributed by atoms with Gasteiger partial charge in [-0.15, -0.1) is 0 Å². The zero-order valence-corrected chi connectivity index (χ0v) is 14.5. The van der Waals surface area contributed by atoms with Crippen LogP contribution < -0.4 is 5.32 Å². The van der Waals surface area contributed by atoms with Crippen molar-refractivity contribution in [3.63, 3.8) is 0 Å². The van der Waals surface area contributed by atoms with Gasteiger partial charge in [0, 0.05) is 57.1 Å². The number of nitrogens with one attached hydrogen (secondary N) is 1. The Morgan fingerprint density at radius 3 is 2.75 bits per heavy atom. The Hall–Kier alpha value is -1.99. The van der Waals surface area contributed by atoms with Gasteiger partial charge in [-0.05, 0) is 19.4 Å². The molecular formula is C17H26N6O. The molecule has 1 N–H and O–H groups in total. The van der Waals surface area contributed by atoms with E-state index in [9.17, 15) is 0 Å². The van der Waals surface area contributed by atoms with E-state index in [1.807, 2.05) is 31.8 Å². The molecule has 1 aliphatic rings. The highest BCUT2D eigenvalue weighted by Crippen LogP contribution is 2.13. The van der Waals surface area contributed by atoms with Crippen molar-refractivity contribution in [2.75, 3.05) is 25.0 Å². The number of rotatable bonds is 8. The molecule has 0 saturated carbocycles. The summed E-state index contributed by atoms with van der Waals surface area (Å²) in [7, 11) is 2.02.